The van der Waals surface area contributed by atoms with E-state index in [-0.39, 0.29) is 5.75 Å². The zero-order valence-corrected chi connectivity index (χ0v) is 11.7. The SMILES string of the molecule is CC(C)N(C)CCNCc1ccccc1OC(F)F. The molecule has 0 amide bonds. The molecule has 19 heavy (non-hydrogen) atoms. The van der Waals surface area contributed by atoms with Crippen LogP contribution in [0, 0.1) is 0 Å². The number of halogens is 2. The lowest BCUT2D eigenvalue weighted by atomic mass is 10.2. The molecular formula is C14H22F2N2O. The van der Waals surface area contributed by atoms with Gasteiger partial charge in [0.15, 0.2) is 0 Å². The standard InChI is InChI=1S/C14H22F2N2O/c1-11(2)18(3)9-8-17-10-12-6-4-5-7-13(12)19-14(15)16/h4-7,11,14,17H,8-10H2,1-3H3. The van der Waals surface area contributed by atoms with Crippen molar-refractivity contribution < 1.29 is 13.5 Å². The number of rotatable bonds is 8. The first kappa shape index (κ1) is 15.9. The number of benzene rings is 1. The van der Waals surface area contributed by atoms with E-state index in [1.165, 1.54) is 0 Å². The van der Waals surface area contributed by atoms with Gasteiger partial charge in [0.1, 0.15) is 5.75 Å². The minimum Gasteiger partial charge on any atom is -0.434 e. The van der Waals surface area contributed by atoms with Crippen molar-refractivity contribution >= 4 is 0 Å². The van der Waals surface area contributed by atoms with Gasteiger partial charge in [0.05, 0.1) is 0 Å². The van der Waals surface area contributed by atoms with Crippen molar-refractivity contribution in [3.05, 3.63) is 29.8 Å². The number of hydrogen-bond donors (Lipinski definition) is 1. The van der Waals surface area contributed by atoms with Gasteiger partial charge in [-0.2, -0.15) is 8.78 Å². The lowest BCUT2D eigenvalue weighted by Crippen LogP contribution is -2.33. The smallest absolute Gasteiger partial charge is 0.387 e. The summed E-state index contributed by atoms with van der Waals surface area (Å²) in [5.74, 6) is 0.238. The van der Waals surface area contributed by atoms with Crippen LogP contribution in [0.5, 0.6) is 5.75 Å². The molecule has 0 aromatic heterocycles. The van der Waals surface area contributed by atoms with E-state index in [1.807, 2.05) is 6.07 Å². The minimum atomic E-state index is -2.78. The fourth-order valence-corrected chi connectivity index (χ4v) is 1.60. The molecule has 0 saturated carbocycles. The van der Waals surface area contributed by atoms with Gasteiger partial charge in [-0.25, -0.2) is 0 Å². The molecule has 0 bridgehead atoms. The highest BCUT2D eigenvalue weighted by Crippen LogP contribution is 2.19. The third-order valence-corrected chi connectivity index (χ3v) is 3.03. The average molecular weight is 272 g/mol. The number of ether oxygens (including phenoxy) is 1. The van der Waals surface area contributed by atoms with Crippen LogP contribution in [0.4, 0.5) is 8.78 Å². The van der Waals surface area contributed by atoms with E-state index in [0.29, 0.717) is 12.6 Å². The minimum absolute atomic E-state index is 0.238. The van der Waals surface area contributed by atoms with Gasteiger partial charge in [0.2, 0.25) is 0 Å². The maximum Gasteiger partial charge on any atom is 0.387 e. The Labute approximate surface area is 113 Å². The Morgan fingerprint density at radius 1 is 1.26 bits per heavy atom. The van der Waals surface area contributed by atoms with Crippen LogP contribution in [0.3, 0.4) is 0 Å². The lowest BCUT2D eigenvalue weighted by molar-refractivity contribution is -0.0504. The summed E-state index contributed by atoms with van der Waals surface area (Å²) >= 11 is 0. The van der Waals surface area contributed by atoms with Gasteiger partial charge in [0.25, 0.3) is 0 Å². The number of para-hydroxylation sites is 1. The molecule has 1 aromatic carbocycles. The van der Waals surface area contributed by atoms with Crippen LogP contribution in [0.25, 0.3) is 0 Å². The summed E-state index contributed by atoms with van der Waals surface area (Å²) in [5, 5.41) is 3.23. The number of hydrogen-bond acceptors (Lipinski definition) is 3. The number of alkyl halides is 2. The maximum absolute atomic E-state index is 12.2. The summed E-state index contributed by atoms with van der Waals surface area (Å²) in [7, 11) is 2.06. The molecule has 1 rings (SSSR count). The van der Waals surface area contributed by atoms with Gasteiger partial charge >= 0.3 is 6.61 Å². The molecule has 0 aliphatic rings. The summed E-state index contributed by atoms with van der Waals surface area (Å²) in [4.78, 5) is 2.22. The Morgan fingerprint density at radius 2 is 1.95 bits per heavy atom. The van der Waals surface area contributed by atoms with E-state index in [9.17, 15) is 8.78 Å². The summed E-state index contributed by atoms with van der Waals surface area (Å²) in [5.41, 5.74) is 0.745. The molecule has 0 aliphatic carbocycles. The predicted octanol–water partition coefficient (Wildman–Crippen LogP) is 2.72. The molecule has 0 saturated heterocycles. The summed E-state index contributed by atoms with van der Waals surface area (Å²) in [6.45, 7) is 3.72. The zero-order chi connectivity index (χ0) is 14.3. The summed E-state index contributed by atoms with van der Waals surface area (Å²) in [6, 6.07) is 7.35. The fraction of sp³-hybridized carbons (Fsp3) is 0.571. The van der Waals surface area contributed by atoms with Crippen molar-refractivity contribution in [2.75, 3.05) is 20.1 Å². The zero-order valence-electron chi connectivity index (χ0n) is 11.7. The molecule has 0 aliphatic heterocycles. The molecule has 1 aromatic rings. The van der Waals surface area contributed by atoms with Crippen LogP contribution in [0.1, 0.15) is 19.4 Å². The second-order valence-electron chi connectivity index (χ2n) is 4.74. The maximum atomic E-state index is 12.2. The molecular weight excluding hydrogens is 250 g/mol. The number of nitrogens with one attached hydrogen (secondary N) is 1. The molecule has 0 unspecified atom stereocenters. The van der Waals surface area contributed by atoms with E-state index in [0.717, 1.165) is 18.7 Å². The Kier molecular flexibility index (Phi) is 6.73. The van der Waals surface area contributed by atoms with Crippen LogP contribution in [0.2, 0.25) is 0 Å². The number of nitrogens with zero attached hydrogens (tertiary/aromatic N) is 1. The van der Waals surface area contributed by atoms with Crippen molar-refractivity contribution in [1.82, 2.24) is 10.2 Å². The van der Waals surface area contributed by atoms with Crippen molar-refractivity contribution in [2.24, 2.45) is 0 Å². The monoisotopic (exact) mass is 272 g/mol. The second-order valence-corrected chi connectivity index (χ2v) is 4.74. The van der Waals surface area contributed by atoms with Gasteiger partial charge in [-0.15, -0.1) is 0 Å². The van der Waals surface area contributed by atoms with Gasteiger partial charge in [-0.05, 0) is 27.0 Å². The third kappa shape index (κ3) is 5.98. The Morgan fingerprint density at radius 3 is 2.58 bits per heavy atom. The average Bonchev–Trinajstić information content (AvgIpc) is 2.35. The Bertz CT molecular complexity index is 372. The van der Waals surface area contributed by atoms with E-state index in [1.54, 1.807) is 18.2 Å². The molecule has 0 spiro atoms. The molecule has 0 radical (unpaired) electrons. The van der Waals surface area contributed by atoms with E-state index in [2.05, 4.69) is 35.8 Å². The van der Waals surface area contributed by atoms with Crippen LogP contribution in [0.15, 0.2) is 24.3 Å². The molecule has 0 fully saturated rings. The van der Waals surface area contributed by atoms with Crippen LogP contribution in [-0.4, -0.2) is 37.7 Å². The Balaban J connectivity index is 2.40. The molecule has 3 nitrogen and oxygen atoms in total. The van der Waals surface area contributed by atoms with Gasteiger partial charge < -0.3 is 15.0 Å². The van der Waals surface area contributed by atoms with Gasteiger partial charge in [-0.3, -0.25) is 0 Å². The summed E-state index contributed by atoms with van der Waals surface area (Å²) in [6.07, 6.45) is 0. The van der Waals surface area contributed by atoms with E-state index >= 15 is 0 Å². The van der Waals surface area contributed by atoms with Crippen LogP contribution in [-0.2, 0) is 6.54 Å². The van der Waals surface area contributed by atoms with E-state index in [4.69, 9.17) is 0 Å². The highest BCUT2D eigenvalue weighted by Gasteiger charge is 2.08. The molecule has 5 heteroatoms. The van der Waals surface area contributed by atoms with Crippen molar-refractivity contribution in [1.29, 1.82) is 0 Å². The first-order chi connectivity index (χ1) is 9.00. The topological polar surface area (TPSA) is 24.5 Å². The number of likely N-dealkylation sites (N-methyl/N-ethyl adjacent to an activating group) is 1. The quantitative estimate of drug-likeness (QED) is 0.736. The molecule has 0 atom stereocenters. The highest BCUT2D eigenvalue weighted by atomic mass is 19.3. The van der Waals surface area contributed by atoms with E-state index < -0.39 is 6.61 Å². The molecule has 108 valence electrons. The first-order valence-corrected chi connectivity index (χ1v) is 6.44. The fourth-order valence-electron chi connectivity index (χ4n) is 1.60. The van der Waals surface area contributed by atoms with Crippen LogP contribution < -0.4 is 10.1 Å². The largest absolute Gasteiger partial charge is 0.434 e. The van der Waals surface area contributed by atoms with Crippen molar-refractivity contribution in [3.63, 3.8) is 0 Å². The summed E-state index contributed by atoms with van der Waals surface area (Å²) < 4.78 is 28.9. The van der Waals surface area contributed by atoms with Gasteiger partial charge in [0, 0.05) is 31.2 Å². The molecule has 0 heterocycles. The lowest BCUT2D eigenvalue weighted by Gasteiger charge is -2.21. The second kappa shape index (κ2) is 8.07. The van der Waals surface area contributed by atoms with Crippen molar-refractivity contribution in [3.8, 4) is 5.75 Å². The normalized spacial score (nSPS) is 11.6. The molecule has 1 N–H and O–H groups in total. The van der Waals surface area contributed by atoms with Crippen LogP contribution >= 0.6 is 0 Å². The predicted molar refractivity (Wildman–Crippen MR) is 72.5 cm³/mol. The first-order valence-electron chi connectivity index (χ1n) is 6.44. The highest BCUT2D eigenvalue weighted by molar-refractivity contribution is 5.33. The van der Waals surface area contributed by atoms with Gasteiger partial charge in [-0.1, -0.05) is 18.2 Å². The third-order valence-electron chi connectivity index (χ3n) is 3.03. The Hall–Kier alpha value is -1.20. The van der Waals surface area contributed by atoms with Crippen molar-refractivity contribution in [2.45, 2.75) is 33.0 Å².